The van der Waals surface area contributed by atoms with Gasteiger partial charge in [0, 0.05) is 18.1 Å². The standard InChI is InChI=1S/C9H13ClN2/c1-7-3-4-11-9(5-7)12-6-8(2)10/h3-5,8H,6H2,1-2H3,(H,11,12). The number of halogens is 1. The largest absolute Gasteiger partial charge is 0.369 e. The molecule has 1 N–H and O–H groups in total. The van der Waals surface area contributed by atoms with E-state index in [0.29, 0.717) is 0 Å². The molecular formula is C9H13ClN2. The smallest absolute Gasteiger partial charge is 0.126 e. The Labute approximate surface area is 78.0 Å². The zero-order chi connectivity index (χ0) is 8.97. The van der Waals surface area contributed by atoms with Crippen LogP contribution in [0.4, 0.5) is 5.82 Å². The maximum atomic E-state index is 5.78. The number of hydrogen-bond acceptors (Lipinski definition) is 2. The Morgan fingerprint density at radius 3 is 3.00 bits per heavy atom. The van der Waals surface area contributed by atoms with E-state index in [0.717, 1.165) is 12.4 Å². The summed E-state index contributed by atoms with van der Waals surface area (Å²) in [6.07, 6.45) is 1.79. The van der Waals surface area contributed by atoms with Crippen LogP contribution in [0.5, 0.6) is 0 Å². The Hall–Kier alpha value is -0.760. The van der Waals surface area contributed by atoms with Gasteiger partial charge in [-0.1, -0.05) is 0 Å². The van der Waals surface area contributed by atoms with E-state index in [9.17, 15) is 0 Å². The topological polar surface area (TPSA) is 24.9 Å². The second-order valence-electron chi connectivity index (χ2n) is 2.88. The number of nitrogens with zero attached hydrogens (tertiary/aromatic N) is 1. The molecular weight excluding hydrogens is 172 g/mol. The summed E-state index contributed by atoms with van der Waals surface area (Å²) in [5.41, 5.74) is 1.20. The van der Waals surface area contributed by atoms with Gasteiger partial charge >= 0.3 is 0 Å². The predicted octanol–water partition coefficient (Wildman–Crippen LogP) is 2.43. The summed E-state index contributed by atoms with van der Waals surface area (Å²) in [5, 5.41) is 3.27. The third-order valence-corrected chi connectivity index (χ3v) is 1.63. The zero-order valence-corrected chi connectivity index (χ0v) is 8.10. The Bertz CT molecular complexity index is 248. The van der Waals surface area contributed by atoms with Gasteiger partial charge in [-0.05, 0) is 31.5 Å². The van der Waals surface area contributed by atoms with Crippen LogP contribution in [0.3, 0.4) is 0 Å². The summed E-state index contributed by atoms with van der Waals surface area (Å²) < 4.78 is 0. The molecule has 0 saturated carbocycles. The molecule has 1 rings (SSSR count). The van der Waals surface area contributed by atoms with E-state index in [4.69, 9.17) is 11.6 Å². The van der Waals surface area contributed by atoms with E-state index < -0.39 is 0 Å². The molecule has 1 aromatic heterocycles. The maximum absolute atomic E-state index is 5.78. The minimum atomic E-state index is 0.132. The van der Waals surface area contributed by atoms with Crippen LogP contribution < -0.4 is 5.32 Å². The lowest BCUT2D eigenvalue weighted by molar-refractivity contribution is 0.977. The van der Waals surface area contributed by atoms with Gasteiger partial charge in [-0.3, -0.25) is 0 Å². The van der Waals surface area contributed by atoms with Gasteiger partial charge < -0.3 is 5.32 Å². The summed E-state index contributed by atoms with van der Waals surface area (Å²) in [6.45, 7) is 4.74. The molecule has 1 atom stereocenters. The average molecular weight is 185 g/mol. The van der Waals surface area contributed by atoms with E-state index >= 15 is 0 Å². The van der Waals surface area contributed by atoms with Gasteiger partial charge in [0.25, 0.3) is 0 Å². The summed E-state index contributed by atoms with van der Waals surface area (Å²) in [7, 11) is 0. The van der Waals surface area contributed by atoms with Crippen molar-refractivity contribution in [2.24, 2.45) is 0 Å². The monoisotopic (exact) mass is 184 g/mol. The Morgan fingerprint density at radius 1 is 1.67 bits per heavy atom. The molecule has 2 nitrogen and oxygen atoms in total. The number of nitrogens with one attached hydrogen (secondary N) is 1. The van der Waals surface area contributed by atoms with Crippen LogP contribution >= 0.6 is 11.6 Å². The number of rotatable bonds is 3. The van der Waals surface area contributed by atoms with Crippen molar-refractivity contribution in [3.8, 4) is 0 Å². The second-order valence-corrected chi connectivity index (χ2v) is 3.63. The van der Waals surface area contributed by atoms with Gasteiger partial charge in [-0.15, -0.1) is 11.6 Å². The van der Waals surface area contributed by atoms with Crippen molar-refractivity contribution in [3.05, 3.63) is 23.9 Å². The lowest BCUT2D eigenvalue weighted by Crippen LogP contribution is -2.11. The van der Waals surface area contributed by atoms with Crippen LogP contribution in [0.25, 0.3) is 0 Å². The Morgan fingerprint density at radius 2 is 2.42 bits per heavy atom. The van der Waals surface area contributed by atoms with E-state index in [1.807, 2.05) is 26.0 Å². The SMILES string of the molecule is Cc1ccnc(NCC(C)Cl)c1. The van der Waals surface area contributed by atoms with Crippen molar-refractivity contribution in [3.63, 3.8) is 0 Å². The number of hydrogen-bond donors (Lipinski definition) is 1. The van der Waals surface area contributed by atoms with Gasteiger partial charge in [0.1, 0.15) is 5.82 Å². The fourth-order valence-electron chi connectivity index (χ4n) is 0.878. The first kappa shape index (κ1) is 9.33. The first-order chi connectivity index (χ1) is 5.68. The van der Waals surface area contributed by atoms with Crippen molar-refractivity contribution >= 4 is 17.4 Å². The summed E-state index contributed by atoms with van der Waals surface area (Å²) in [4.78, 5) is 4.14. The third kappa shape index (κ3) is 3.09. The molecule has 0 amide bonds. The van der Waals surface area contributed by atoms with E-state index in [2.05, 4.69) is 10.3 Å². The van der Waals surface area contributed by atoms with Crippen LogP contribution in [0.2, 0.25) is 0 Å². The van der Waals surface area contributed by atoms with Crippen LogP contribution in [-0.2, 0) is 0 Å². The van der Waals surface area contributed by atoms with Crippen molar-refractivity contribution in [1.29, 1.82) is 0 Å². The molecule has 0 spiro atoms. The highest BCUT2D eigenvalue weighted by atomic mass is 35.5. The third-order valence-electron chi connectivity index (χ3n) is 1.48. The quantitative estimate of drug-likeness (QED) is 0.730. The highest BCUT2D eigenvalue weighted by Crippen LogP contribution is 2.05. The molecule has 0 bridgehead atoms. The molecule has 1 unspecified atom stereocenters. The maximum Gasteiger partial charge on any atom is 0.126 e. The van der Waals surface area contributed by atoms with E-state index in [-0.39, 0.29) is 5.38 Å². The van der Waals surface area contributed by atoms with Gasteiger partial charge in [-0.2, -0.15) is 0 Å². The lowest BCUT2D eigenvalue weighted by atomic mass is 10.3. The molecule has 0 aromatic carbocycles. The van der Waals surface area contributed by atoms with Gasteiger partial charge in [-0.25, -0.2) is 4.98 Å². The van der Waals surface area contributed by atoms with Crippen LogP contribution in [0.1, 0.15) is 12.5 Å². The van der Waals surface area contributed by atoms with Gasteiger partial charge in [0.15, 0.2) is 0 Å². The molecule has 1 aromatic rings. The number of alkyl halides is 1. The zero-order valence-electron chi connectivity index (χ0n) is 7.34. The fraction of sp³-hybridized carbons (Fsp3) is 0.444. The molecule has 3 heteroatoms. The highest BCUT2D eigenvalue weighted by Gasteiger charge is 1.96. The predicted molar refractivity (Wildman–Crippen MR) is 52.8 cm³/mol. The van der Waals surface area contributed by atoms with Crippen molar-refractivity contribution in [2.45, 2.75) is 19.2 Å². The normalized spacial score (nSPS) is 12.6. The number of anilines is 1. The second kappa shape index (κ2) is 4.31. The molecule has 0 aliphatic carbocycles. The van der Waals surface area contributed by atoms with Crippen molar-refractivity contribution < 1.29 is 0 Å². The molecule has 0 aliphatic rings. The first-order valence-corrected chi connectivity index (χ1v) is 4.42. The Kier molecular flexibility index (Phi) is 3.35. The molecule has 0 saturated heterocycles. The average Bonchev–Trinajstić information content (AvgIpc) is 2.01. The molecule has 66 valence electrons. The highest BCUT2D eigenvalue weighted by molar-refractivity contribution is 6.20. The van der Waals surface area contributed by atoms with Crippen LogP contribution in [-0.4, -0.2) is 16.9 Å². The molecule has 12 heavy (non-hydrogen) atoms. The minimum absolute atomic E-state index is 0.132. The van der Waals surface area contributed by atoms with E-state index in [1.54, 1.807) is 6.20 Å². The lowest BCUT2D eigenvalue weighted by Gasteiger charge is -2.06. The van der Waals surface area contributed by atoms with Gasteiger partial charge in [0.05, 0.1) is 0 Å². The van der Waals surface area contributed by atoms with E-state index in [1.165, 1.54) is 5.56 Å². The Balaban J connectivity index is 2.52. The number of pyridine rings is 1. The molecule has 1 heterocycles. The molecule has 0 fully saturated rings. The van der Waals surface area contributed by atoms with Crippen molar-refractivity contribution in [2.75, 3.05) is 11.9 Å². The molecule has 0 radical (unpaired) electrons. The van der Waals surface area contributed by atoms with Gasteiger partial charge in [0.2, 0.25) is 0 Å². The first-order valence-electron chi connectivity index (χ1n) is 3.99. The minimum Gasteiger partial charge on any atom is -0.369 e. The van der Waals surface area contributed by atoms with Crippen LogP contribution in [0.15, 0.2) is 18.3 Å². The molecule has 0 aliphatic heterocycles. The van der Waals surface area contributed by atoms with Crippen LogP contribution in [0, 0.1) is 6.92 Å². The number of aryl methyl sites for hydroxylation is 1. The summed E-state index contributed by atoms with van der Waals surface area (Å²) in [5.74, 6) is 0.891. The van der Waals surface area contributed by atoms with Crippen molar-refractivity contribution in [1.82, 2.24) is 4.98 Å². The number of aromatic nitrogens is 1. The summed E-state index contributed by atoms with van der Waals surface area (Å²) in [6, 6.07) is 3.97. The summed E-state index contributed by atoms with van der Waals surface area (Å²) >= 11 is 5.78. The fourth-order valence-corrected chi connectivity index (χ4v) is 0.955.